The molecule has 2 unspecified atom stereocenters. The number of para-hydroxylation sites is 1. The zero-order valence-corrected chi connectivity index (χ0v) is 12.5. The van der Waals surface area contributed by atoms with Gasteiger partial charge in [0.05, 0.1) is 18.0 Å². The molecule has 1 aromatic heterocycles. The van der Waals surface area contributed by atoms with Gasteiger partial charge in [-0.1, -0.05) is 18.2 Å². The van der Waals surface area contributed by atoms with Crippen molar-refractivity contribution < 1.29 is 4.74 Å². The Hall–Kier alpha value is -1.94. The van der Waals surface area contributed by atoms with E-state index >= 15 is 0 Å². The van der Waals surface area contributed by atoms with Crippen molar-refractivity contribution in [2.24, 2.45) is 5.73 Å². The van der Waals surface area contributed by atoms with E-state index in [1.165, 1.54) is 5.56 Å². The van der Waals surface area contributed by atoms with Gasteiger partial charge in [0.2, 0.25) is 0 Å². The van der Waals surface area contributed by atoms with Crippen LogP contribution in [0.2, 0.25) is 0 Å². The van der Waals surface area contributed by atoms with Crippen LogP contribution in [0.5, 0.6) is 5.75 Å². The minimum Gasteiger partial charge on any atom is -0.493 e. The smallest absolute Gasteiger partial charge is 0.122 e. The van der Waals surface area contributed by atoms with Gasteiger partial charge in [-0.05, 0) is 55.9 Å². The number of rotatable bonds is 3. The van der Waals surface area contributed by atoms with E-state index in [2.05, 4.69) is 28.4 Å². The quantitative estimate of drug-likeness (QED) is 0.940. The zero-order valence-electron chi connectivity index (χ0n) is 12.5. The number of fused-ring (bicyclic) bond motifs is 1. The van der Waals surface area contributed by atoms with Crippen LogP contribution in [-0.2, 0) is 0 Å². The van der Waals surface area contributed by atoms with Crippen LogP contribution in [0.4, 0.5) is 0 Å². The highest BCUT2D eigenvalue weighted by Crippen LogP contribution is 2.38. The Morgan fingerprint density at radius 3 is 2.95 bits per heavy atom. The maximum absolute atomic E-state index is 6.44. The van der Waals surface area contributed by atoms with Crippen LogP contribution in [0, 0.1) is 13.8 Å². The van der Waals surface area contributed by atoms with E-state index in [9.17, 15) is 0 Å². The first-order valence-electron chi connectivity index (χ1n) is 7.43. The van der Waals surface area contributed by atoms with E-state index in [1.807, 2.05) is 26.0 Å². The molecule has 110 valence electrons. The fourth-order valence-electron chi connectivity index (χ4n) is 3.04. The number of nitrogens with zero attached hydrogens (tertiary/aromatic N) is 2. The Labute approximate surface area is 125 Å². The summed E-state index contributed by atoms with van der Waals surface area (Å²) in [6, 6.07) is 10.3. The predicted octanol–water partition coefficient (Wildman–Crippen LogP) is 3.05. The Morgan fingerprint density at radius 2 is 2.10 bits per heavy atom. The molecule has 4 heteroatoms. The highest BCUT2D eigenvalue weighted by molar-refractivity contribution is 5.38. The first-order valence-corrected chi connectivity index (χ1v) is 7.43. The minimum atomic E-state index is -0.0182. The maximum Gasteiger partial charge on any atom is 0.122 e. The van der Waals surface area contributed by atoms with Gasteiger partial charge in [0.25, 0.3) is 0 Å². The average Bonchev–Trinajstić information content (AvgIpc) is 2.50. The third-order valence-electron chi connectivity index (χ3n) is 4.16. The SMILES string of the molecule is Cc1cc(C(N)CC2CCOc3ccccc32)c(C)nn1. The van der Waals surface area contributed by atoms with Crippen molar-refractivity contribution in [1.29, 1.82) is 0 Å². The molecule has 0 spiro atoms. The van der Waals surface area contributed by atoms with E-state index in [4.69, 9.17) is 10.5 Å². The Bertz CT molecular complexity index is 642. The lowest BCUT2D eigenvalue weighted by Gasteiger charge is -2.28. The standard InChI is InChI=1S/C17H21N3O/c1-11-9-15(12(2)20-19-11)16(18)10-13-7-8-21-17-6-4-3-5-14(13)17/h3-6,9,13,16H,7-8,10,18H2,1-2H3. The van der Waals surface area contributed by atoms with Crippen molar-refractivity contribution in [3.63, 3.8) is 0 Å². The van der Waals surface area contributed by atoms with Crippen LogP contribution >= 0.6 is 0 Å². The van der Waals surface area contributed by atoms with Crippen LogP contribution in [0.15, 0.2) is 30.3 Å². The summed E-state index contributed by atoms with van der Waals surface area (Å²) >= 11 is 0. The molecule has 0 saturated heterocycles. The Kier molecular flexibility index (Phi) is 3.88. The lowest BCUT2D eigenvalue weighted by atomic mass is 9.85. The second-order valence-corrected chi connectivity index (χ2v) is 5.74. The van der Waals surface area contributed by atoms with E-state index in [0.717, 1.165) is 42.1 Å². The number of hydrogen-bond donors (Lipinski definition) is 1. The number of ether oxygens (including phenoxy) is 1. The number of aromatic nitrogens is 2. The highest BCUT2D eigenvalue weighted by Gasteiger charge is 2.24. The molecule has 2 heterocycles. The van der Waals surface area contributed by atoms with Gasteiger partial charge in [0, 0.05) is 6.04 Å². The molecule has 0 radical (unpaired) electrons. The van der Waals surface area contributed by atoms with E-state index in [1.54, 1.807) is 0 Å². The number of benzene rings is 1. The summed E-state index contributed by atoms with van der Waals surface area (Å²) in [5.74, 6) is 1.44. The second kappa shape index (κ2) is 5.82. The van der Waals surface area contributed by atoms with Gasteiger partial charge in [-0.2, -0.15) is 10.2 Å². The summed E-state index contributed by atoms with van der Waals surface area (Å²) in [5.41, 5.74) is 10.7. The molecule has 1 aromatic carbocycles. The van der Waals surface area contributed by atoms with Crippen LogP contribution in [0.25, 0.3) is 0 Å². The topological polar surface area (TPSA) is 61.0 Å². The molecule has 4 nitrogen and oxygen atoms in total. The van der Waals surface area contributed by atoms with Gasteiger partial charge in [-0.3, -0.25) is 0 Å². The number of aryl methyl sites for hydroxylation is 2. The lowest BCUT2D eigenvalue weighted by molar-refractivity contribution is 0.259. The first kappa shape index (κ1) is 14.0. The normalized spacial score (nSPS) is 18.7. The molecule has 0 bridgehead atoms. The summed E-state index contributed by atoms with van der Waals surface area (Å²) in [6.07, 6.45) is 1.92. The first-order chi connectivity index (χ1) is 10.1. The van der Waals surface area contributed by atoms with Crippen molar-refractivity contribution >= 4 is 0 Å². The molecule has 0 saturated carbocycles. The molecule has 3 rings (SSSR count). The molecule has 0 amide bonds. The Morgan fingerprint density at radius 1 is 1.29 bits per heavy atom. The molecular formula is C17H21N3O. The molecule has 2 aromatic rings. The number of nitrogens with two attached hydrogens (primary N) is 1. The molecule has 1 aliphatic rings. The lowest BCUT2D eigenvalue weighted by Crippen LogP contribution is -2.21. The molecule has 21 heavy (non-hydrogen) atoms. The van der Waals surface area contributed by atoms with Gasteiger partial charge in [0.15, 0.2) is 0 Å². The summed E-state index contributed by atoms with van der Waals surface area (Å²) in [7, 11) is 0. The van der Waals surface area contributed by atoms with Crippen molar-refractivity contribution in [2.75, 3.05) is 6.61 Å². The molecule has 0 aliphatic carbocycles. The third-order valence-corrected chi connectivity index (χ3v) is 4.16. The van der Waals surface area contributed by atoms with Crippen molar-refractivity contribution in [3.8, 4) is 5.75 Å². The van der Waals surface area contributed by atoms with Gasteiger partial charge in [-0.25, -0.2) is 0 Å². The van der Waals surface area contributed by atoms with Crippen LogP contribution in [0.3, 0.4) is 0 Å². The molecule has 2 atom stereocenters. The van der Waals surface area contributed by atoms with Crippen LogP contribution in [0.1, 0.15) is 47.3 Å². The molecular weight excluding hydrogens is 262 g/mol. The molecule has 0 fully saturated rings. The zero-order chi connectivity index (χ0) is 14.8. The summed E-state index contributed by atoms with van der Waals surface area (Å²) in [5, 5.41) is 8.26. The predicted molar refractivity (Wildman–Crippen MR) is 82.3 cm³/mol. The van der Waals surface area contributed by atoms with E-state index in [0.29, 0.717) is 5.92 Å². The van der Waals surface area contributed by atoms with Gasteiger partial charge in [0.1, 0.15) is 5.75 Å². The van der Waals surface area contributed by atoms with Crippen LogP contribution in [-0.4, -0.2) is 16.8 Å². The summed E-state index contributed by atoms with van der Waals surface area (Å²) in [6.45, 7) is 4.69. The van der Waals surface area contributed by atoms with Crippen LogP contribution < -0.4 is 10.5 Å². The molecule has 1 aliphatic heterocycles. The maximum atomic E-state index is 6.44. The van der Waals surface area contributed by atoms with Gasteiger partial charge < -0.3 is 10.5 Å². The third kappa shape index (κ3) is 2.90. The number of hydrogen-bond acceptors (Lipinski definition) is 4. The van der Waals surface area contributed by atoms with Gasteiger partial charge in [-0.15, -0.1) is 0 Å². The Balaban J connectivity index is 1.82. The average molecular weight is 283 g/mol. The van der Waals surface area contributed by atoms with Crippen molar-refractivity contribution in [3.05, 3.63) is 52.8 Å². The fourth-order valence-corrected chi connectivity index (χ4v) is 3.04. The van der Waals surface area contributed by atoms with Crippen molar-refractivity contribution in [1.82, 2.24) is 10.2 Å². The van der Waals surface area contributed by atoms with Crippen molar-refractivity contribution in [2.45, 2.75) is 38.6 Å². The van der Waals surface area contributed by atoms with E-state index in [-0.39, 0.29) is 6.04 Å². The second-order valence-electron chi connectivity index (χ2n) is 5.74. The largest absolute Gasteiger partial charge is 0.493 e. The summed E-state index contributed by atoms with van der Waals surface area (Å²) < 4.78 is 5.72. The molecule has 2 N–H and O–H groups in total. The summed E-state index contributed by atoms with van der Waals surface area (Å²) in [4.78, 5) is 0. The monoisotopic (exact) mass is 283 g/mol. The van der Waals surface area contributed by atoms with E-state index < -0.39 is 0 Å². The minimum absolute atomic E-state index is 0.0182. The fraction of sp³-hybridized carbons (Fsp3) is 0.412. The van der Waals surface area contributed by atoms with Gasteiger partial charge >= 0.3 is 0 Å². The highest BCUT2D eigenvalue weighted by atomic mass is 16.5.